The van der Waals surface area contributed by atoms with Gasteiger partial charge in [-0.05, 0) is 11.8 Å². The Kier molecular flexibility index (Phi) is 7.54. The summed E-state index contributed by atoms with van der Waals surface area (Å²) in [5.74, 6) is 0. The first-order valence-electron chi connectivity index (χ1n) is 0.783. The Morgan fingerprint density at radius 1 is 1.50 bits per heavy atom. The maximum atomic E-state index is 7.87. The van der Waals surface area contributed by atoms with Gasteiger partial charge in [0.25, 0.3) is 0 Å². The van der Waals surface area contributed by atoms with Crippen molar-refractivity contribution in [3.63, 3.8) is 0 Å². The predicted molar refractivity (Wildman–Crippen MR) is 36.3 cm³/mol. The standard InChI is InChI=1S/Ca.H3O2PS2.2H/c;1-3(2,4)5;;/h;(H3,1,2,4,5);;. The SMILES string of the molecule is OP(O)(=S)S.[CaH2]. The third-order valence-corrected chi connectivity index (χ3v) is 0. The van der Waals surface area contributed by atoms with Crippen LogP contribution in [0.15, 0.2) is 0 Å². The van der Waals surface area contributed by atoms with E-state index in [1.165, 1.54) is 0 Å². The molecule has 0 fully saturated rings. The van der Waals surface area contributed by atoms with Crippen LogP contribution in [-0.2, 0) is 11.8 Å². The summed E-state index contributed by atoms with van der Waals surface area (Å²) in [5, 5.41) is 0. The molecule has 0 saturated heterocycles. The predicted octanol–water partition coefficient (Wildman–Crippen LogP) is -0.791. The minimum absolute atomic E-state index is 0. The minimum atomic E-state index is -3.11. The molecule has 0 aromatic carbocycles. The summed E-state index contributed by atoms with van der Waals surface area (Å²) in [6.45, 7) is 0. The normalized spacial score (nSPS) is 9.83. The number of hydrogen-bond acceptors (Lipinski definition) is 1. The van der Waals surface area contributed by atoms with Crippen molar-refractivity contribution in [2.75, 3.05) is 0 Å². The Morgan fingerprint density at radius 3 is 1.50 bits per heavy atom. The van der Waals surface area contributed by atoms with Crippen molar-refractivity contribution in [2.45, 2.75) is 0 Å². The quantitative estimate of drug-likeness (QED) is 0.255. The van der Waals surface area contributed by atoms with Crippen LogP contribution in [0.25, 0.3) is 0 Å². The van der Waals surface area contributed by atoms with E-state index in [1.54, 1.807) is 0 Å². The van der Waals surface area contributed by atoms with E-state index in [0.29, 0.717) is 0 Å². The molecule has 0 aliphatic carbocycles. The molecule has 0 heterocycles. The van der Waals surface area contributed by atoms with Crippen LogP contribution in [0.5, 0.6) is 0 Å². The third kappa shape index (κ3) is 34.9. The molecule has 2 nitrogen and oxygen atoms in total. The van der Waals surface area contributed by atoms with Crippen LogP contribution in [0.3, 0.4) is 0 Å². The van der Waals surface area contributed by atoms with Crippen molar-refractivity contribution in [3.8, 4) is 0 Å². The molecular formula is H5CaO2PS2. The van der Waals surface area contributed by atoms with Gasteiger partial charge in [0, 0.05) is 0 Å². The third-order valence-electron chi connectivity index (χ3n) is 0. The second kappa shape index (κ2) is 4.10. The Hall–Kier alpha value is 2.18. The van der Waals surface area contributed by atoms with Gasteiger partial charge in [0.15, 0.2) is 0 Å². The van der Waals surface area contributed by atoms with Crippen molar-refractivity contribution in [1.82, 2.24) is 0 Å². The van der Waals surface area contributed by atoms with Crippen molar-refractivity contribution in [3.05, 3.63) is 0 Å². The van der Waals surface area contributed by atoms with Crippen LogP contribution in [0, 0.1) is 0 Å². The van der Waals surface area contributed by atoms with Gasteiger partial charge in [-0.25, -0.2) is 0 Å². The van der Waals surface area contributed by atoms with Gasteiger partial charge in [-0.2, -0.15) is 0 Å². The fourth-order valence-corrected chi connectivity index (χ4v) is 0. The first-order chi connectivity index (χ1) is 2.00. The van der Waals surface area contributed by atoms with Crippen molar-refractivity contribution >= 4 is 67.5 Å². The van der Waals surface area contributed by atoms with E-state index >= 15 is 0 Å². The molecule has 2 N–H and O–H groups in total. The van der Waals surface area contributed by atoms with E-state index in [9.17, 15) is 0 Å². The monoisotopic (exact) mass is 172 g/mol. The molecule has 0 bridgehead atoms. The van der Waals surface area contributed by atoms with Crippen LogP contribution in [0.1, 0.15) is 0 Å². The fraction of sp³-hybridized carbons (Fsp3) is 0. The molecule has 0 atom stereocenters. The van der Waals surface area contributed by atoms with Crippen molar-refractivity contribution in [1.29, 1.82) is 0 Å². The Labute approximate surface area is 76.3 Å². The molecule has 6 heteroatoms. The van der Waals surface area contributed by atoms with Crippen molar-refractivity contribution < 1.29 is 9.79 Å². The fourth-order valence-electron chi connectivity index (χ4n) is 0. The summed E-state index contributed by atoms with van der Waals surface area (Å²) < 4.78 is 0. The van der Waals surface area contributed by atoms with Crippen LogP contribution < -0.4 is 0 Å². The second-order valence-corrected chi connectivity index (χ2v) is 5.55. The molecule has 0 aliphatic rings. The van der Waals surface area contributed by atoms with E-state index in [2.05, 4.69) is 24.1 Å². The zero-order chi connectivity index (χ0) is 4.50. The molecule has 0 aliphatic heterocycles. The van der Waals surface area contributed by atoms with Crippen LogP contribution in [-0.4, -0.2) is 47.5 Å². The van der Waals surface area contributed by atoms with E-state index in [-0.39, 0.29) is 37.7 Å². The van der Waals surface area contributed by atoms with Gasteiger partial charge >= 0.3 is 37.7 Å². The van der Waals surface area contributed by atoms with E-state index in [0.717, 1.165) is 0 Å². The molecule has 0 aromatic rings. The van der Waals surface area contributed by atoms with Gasteiger partial charge in [0.05, 0.1) is 0 Å². The van der Waals surface area contributed by atoms with Crippen LogP contribution >= 0.6 is 17.9 Å². The zero-order valence-corrected chi connectivity index (χ0v) is 4.80. The van der Waals surface area contributed by atoms with E-state index in [4.69, 9.17) is 9.79 Å². The number of hydrogen-bond donors (Lipinski definition) is 3. The Balaban J connectivity index is 0. The topological polar surface area (TPSA) is 40.5 Å². The second-order valence-electron chi connectivity index (χ2n) is 0.513. The average molecular weight is 172 g/mol. The molecule has 0 spiro atoms. The van der Waals surface area contributed by atoms with Crippen LogP contribution in [0.2, 0.25) is 0 Å². The van der Waals surface area contributed by atoms with Gasteiger partial charge in [-0.15, -0.1) is 0 Å². The first-order valence-corrected chi connectivity index (χ1v) is 4.64. The summed E-state index contributed by atoms with van der Waals surface area (Å²) in [7, 11) is 0. The van der Waals surface area contributed by atoms with Gasteiger partial charge < -0.3 is 9.79 Å². The Bertz CT molecular complexity index is 57.7. The molecule has 0 aromatic heterocycles. The van der Waals surface area contributed by atoms with Crippen LogP contribution in [0.4, 0.5) is 0 Å². The summed E-state index contributed by atoms with van der Waals surface area (Å²) in [5.41, 5.74) is -3.11. The molecule has 0 radical (unpaired) electrons. The van der Waals surface area contributed by atoms with Gasteiger partial charge in [0.2, 0.25) is 5.69 Å². The Morgan fingerprint density at radius 2 is 1.50 bits per heavy atom. The summed E-state index contributed by atoms with van der Waals surface area (Å²) in [4.78, 5) is 15.7. The maximum absolute atomic E-state index is 7.87. The summed E-state index contributed by atoms with van der Waals surface area (Å²) in [6.07, 6.45) is 0. The van der Waals surface area contributed by atoms with Crippen molar-refractivity contribution in [2.24, 2.45) is 0 Å². The zero-order valence-electron chi connectivity index (χ0n) is 2.20. The summed E-state index contributed by atoms with van der Waals surface area (Å²) in [6, 6.07) is 0. The molecule has 0 rings (SSSR count). The number of thiol groups is 1. The molecule has 0 amide bonds. The first kappa shape index (κ1) is 11.0. The molecular weight excluding hydrogens is 167 g/mol. The molecule has 36 valence electrons. The van der Waals surface area contributed by atoms with Gasteiger partial charge in [0.1, 0.15) is 0 Å². The van der Waals surface area contributed by atoms with E-state index < -0.39 is 5.69 Å². The van der Waals surface area contributed by atoms with Gasteiger partial charge in [-0.1, -0.05) is 12.2 Å². The molecule has 6 heavy (non-hydrogen) atoms. The average Bonchev–Trinajstić information content (AvgIpc) is 0.722. The van der Waals surface area contributed by atoms with E-state index in [1.807, 2.05) is 0 Å². The van der Waals surface area contributed by atoms with Gasteiger partial charge in [-0.3, -0.25) is 0 Å². The summed E-state index contributed by atoms with van der Waals surface area (Å²) >= 11 is 7.07. The molecule has 0 unspecified atom stereocenters. The number of rotatable bonds is 0. The molecule has 0 saturated carbocycles.